The minimum Gasteiger partial charge on any atom is -0.493 e. The van der Waals surface area contributed by atoms with E-state index >= 15 is 0 Å². The van der Waals surface area contributed by atoms with Crippen molar-refractivity contribution >= 4 is 23.9 Å². The highest BCUT2D eigenvalue weighted by Gasteiger charge is 2.23. The molecule has 0 unspecified atom stereocenters. The molecule has 0 spiro atoms. The van der Waals surface area contributed by atoms with E-state index in [1.807, 2.05) is 6.92 Å². The summed E-state index contributed by atoms with van der Waals surface area (Å²) in [6.07, 6.45) is 2.54. The Bertz CT molecular complexity index is 1160. The normalized spacial score (nSPS) is 10.9. The van der Waals surface area contributed by atoms with E-state index in [1.165, 1.54) is 32.0 Å². The molecule has 0 aliphatic carbocycles. The average Bonchev–Trinajstić information content (AvgIpc) is 3.39. The molecule has 14 nitrogen and oxygen atoms in total. The van der Waals surface area contributed by atoms with Crippen LogP contribution in [0.1, 0.15) is 42.0 Å². The first-order valence-corrected chi connectivity index (χ1v) is 9.70. The Morgan fingerprint density at radius 1 is 1.24 bits per heavy atom. The molecule has 0 radical (unpaired) electrons. The first-order chi connectivity index (χ1) is 15.9. The molecule has 3 N–H and O–H groups in total. The summed E-state index contributed by atoms with van der Waals surface area (Å²) in [5, 5.41) is 19.0. The van der Waals surface area contributed by atoms with Crippen molar-refractivity contribution in [1.82, 2.24) is 30.7 Å². The number of esters is 1. The number of nitrogens with two attached hydrogens (primary N) is 1. The number of methoxy groups -OCH3 is 2. The molecule has 0 fully saturated rings. The zero-order chi connectivity index (χ0) is 24.0. The molecule has 33 heavy (non-hydrogen) atoms. The van der Waals surface area contributed by atoms with Gasteiger partial charge in [-0.05, 0) is 28.9 Å². The molecule has 174 valence electrons. The molecule has 1 aromatic carbocycles. The quantitative estimate of drug-likeness (QED) is 0.201. The molecular formula is C19H22N8O6. The van der Waals surface area contributed by atoms with E-state index in [1.54, 1.807) is 12.1 Å². The van der Waals surface area contributed by atoms with Crippen LogP contribution in [0.4, 0.5) is 5.82 Å². The number of carbonyl (C=O) groups is 2. The van der Waals surface area contributed by atoms with Crippen LogP contribution in [0.2, 0.25) is 0 Å². The van der Waals surface area contributed by atoms with E-state index in [4.69, 9.17) is 19.9 Å². The molecule has 0 atom stereocenters. The van der Waals surface area contributed by atoms with Gasteiger partial charge in [0.1, 0.15) is 0 Å². The number of carbonyl (C=O) groups excluding carboxylic acids is 2. The van der Waals surface area contributed by atoms with Gasteiger partial charge in [0.05, 0.1) is 26.1 Å². The van der Waals surface area contributed by atoms with Crippen LogP contribution in [0.25, 0.3) is 5.82 Å². The Morgan fingerprint density at radius 3 is 2.48 bits per heavy atom. The van der Waals surface area contributed by atoms with Crippen LogP contribution >= 0.6 is 0 Å². The minimum absolute atomic E-state index is 0.0160. The van der Waals surface area contributed by atoms with E-state index in [2.05, 4.69) is 35.8 Å². The van der Waals surface area contributed by atoms with Crippen LogP contribution in [0.15, 0.2) is 21.9 Å². The lowest BCUT2D eigenvalue weighted by atomic mass is 10.2. The number of benzene rings is 1. The molecule has 2 aromatic heterocycles. The highest BCUT2D eigenvalue weighted by atomic mass is 16.6. The van der Waals surface area contributed by atoms with Gasteiger partial charge in [0, 0.05) is 12.5 Å². The largest absolute Gasteiger partial charge is 0.493 e. The summed E-state index contributed by atoms with van der Waals surface area (Å²) in [5.41, 5.74) is 9.16. The smallest absolute Gasteiger partial charge is 0.308 e. The van der Waals surface area contributed by atoms with Crippen molar-refractivity contribution < 1.29 is 28.4 Å². The van der Waals surface area contributed by atoms with Crippen LogP contribution in [0.5, 0.6) is 17.2 Å². The molecule has 3 aromatic rings. The number of ether oxygens (including phenoxy) is 3. The van der Waals surface area contributed by atoms with Gasteiger partial charge in [0.25, 0.3) is 5.91 Å². The van der Waals surface area contributed by atoms with Crippen LogP contribution in [0.3, 0.4) is 0 Å². The second kappa shape index (κ2) is 10.2. The number of anilines is 1. The number of aromatic nitrogens is 5. The van der Waals surface area contributed by atoms with Crippen molar-refractivity contribution in [3.05, 3.63) is 29.1 Å². The third kappa shape index (κ3) is 5.06. The maximum atomic E-state index is 12.7. The van der Waals surface area contributed by atoms with Crippen molar-refractivity contribution in [2.75, 3.05) is 20.0 Å². The molecule has 3 rings (SSSR count). The Balaban J connectivity index is 1.82. The second-order valence-corrected chi connectivity index (χ2v) is 6.57. The highest BCUT2D eigenvalue weighted by Crippen LogP contribution is 2.38. The third-order valence-electron chi connectivity index (χ3n) is 4.27. The van der Waals surface area contributed by atoms with Crippen molar-refractivity contribution in [3.63, 3.8) is 0 Å². The Morgan fingerprint density at radius 2 is 1.94 bits per heavy atom. The van der Waals surface area contributed by atoms with Gasteiger partial charge in [-0.1, -0.05) is 18.6 Å². The zero-order valence-electron chi connectivity index (χ0n) is 18.4. The molecule has 14 heteroatoms. The lowest BCUT2D eigenvalue weighted by Crippen LogP contribution is -2.20. The zero-order valence-corrected chi connectivity index (χ0v) is 18.4. The van der Waals surface area contributed by atoms with Crippen LogP contribution in [0, 0.1) is 0 Å². The Labute approximate surface area is 187 Å². The predicted molar refractivity (Wildman–Crippen MR) is 114 cm³/mol. The van der Waals surface area contributed by atoms with Gasteiger partial charge < -0.3 is 19.9 Å². The molecule has 1 amide bonds. The summed E-state index contributed by atoms with van der Waals surface area (Å²) in [4.78, 5) is 24.0. The lowest BCUT2D eigenvalue weighted by Gasteiger charge is -2.13. The lowest BCUT2D eigenvalue weighted by molar-refractivity contribution is -0.132. The van der Waals surface area contributed by atoms with Gasteiger partial charge in [0.15, 0.2) is 17.2 Å². The van der Waals surface area contributed by atoms with Gasteiger partial charge in [-0.15, -0.1) is 5.10 Å². The fourth-order valence-electron chi connectivity index (χ4n) is 2.88. The number of hydrazone groups is 1. The van der Waals surface area contributed by atoms with Gasteiger partial charge >= 0.3 is 5.97 Å². The number of hydrogen-bond donors (Lipinski definition) is 2. The molecule has 0 saturated carbocycles. The summed E-state index contributed by atoms with van der Waals surface area (Å²) < 4.78 is 21.6. The molecule has 2 heterocycles. The van der Waals surface area contributed by atoms with Gasteiger partial charge in [-0.2, -0.15) is 9.78 Å². The van der Waals surface area contributed by atoms with Crippen molar-refractivity contribution in [2.45, 2.75) is 26.7 Å². The van der Waals surface area contributed by atoms with Gasteiger partial charge in [-0.25, -0.2) is 10.1 Å². The molecule has 0 aliphatic heterocycles. The third-order valence-corrected chi connectivity index (χ3v) is 4.27. The highest BCUT2D eigenvalue weighted by molar-refractivity contribution is 5.94. The topological polar surface area (TPSA) is 182 Å². The summed E-state index contributed by atoms with van der Waals surface area (Å²) in [6, 6.07) is 3.13. The van der Waals surface area contributed by atoms with Crippen LogP contribution in [-0.4, -0.2) is 57.6 Å². The van der Waals surface area contributed by atoms with E-state index < -0.39 is 11.9 Å². The summed E-state index contributed by atoms with van der Waals surface area (Å²) in [7, 11) is 2.83. The van der Waals surface area contributed by atoms with E-state index in [0.29, 0.717) is 24.1 Å². The number of nitrogen functional groups attached to an aromatic ring is 1. The van der Waals surface area contributed by atoms with Crippen LogP contribution < -0.4 is 25.4 Å². The van der Waals surface area contributed by atoms with E-state index in [-0.39, 0.29) is 34.6 Å². The number of amides is 1. The van der Waals surface area contributed by atoms with Crippen molar-refractivity contribution in [2.24, 2.45) is 5.10 Å². The van der Waals surface area contributed by atoms with Crippen molar-refractivity contribution in [3.8, 4) is 23.1 Å². The molecule has 0 aliphatic rings. The predicted octanol–water partition coefficient (Wildman–Crippen LogP) is 0.891. The second-order valence-electron chi connectivity index (χ2n) is 6.57. The summed E-state index contributed by atoms with van der Waals surface area (Å²) in [5.74, 6) is -0.321. The maximum Gasteiger partial charge on any atom is 0.308 e. The van der Waals surface area contributed by atoms with Crippen molar-refractivity contribution in [1.29, 1.82) is 0 Å². The number of hydrogen-bond acceptors (Lipinski definition) is 12. The standard InChI is InChI=1S/C19H22N8O6/c1-5-6-12-15(22-26-27(12)18-17(20)24-33-25-18)19(29)23-21-9-11-7-13(30-3)16(32-10(2)28)14(8-11)31-4/h7-9H,5-6H2,1-4H3,(H2,20,24)(H,23,29). The Hall–Kier alpha value is -4.49. The minimum atomic E-state index is -0.591. The van der Waals surface area contributed by atoms with E-state index in [9.17, 15) is 9.59 Å². The van der Waals surface area contributed by atoms with E-state index in [0.717, 1.165) is 0 Å². The number of nitrogens with one attached hydrogen (secondary N) is 1. The van der Waals surface area contributed by atoms with Gasteiger partial charge in [-0.3, -0.25) is 9.59 Å². The number of nitrogens with zero attached hydrogens (tertiary/aromatic N) is 6. The monoisotopic (exact) mass is 458 g/mol. The Kier molecular flexibility index (Phi) is 7.17. The first kappa shape index (κ1) is 23.2. The summed E-state index contributed by atoms with van der Waals surface area (Å²) >= 11 is 0. The van der Waals surface area contributed by atoms with Crippen LogP contribution in [-0.2, 0) is 11.2 Å². The SMILES string of the molecule is CCCc1c(C(=O)NN=Cc2cc(OC)c(OC(C)=O)c(OC)c2)nnn1-c1nonc1N. The average molecular weight is 458 g/mol. The fraction of sp³-hybridized carbons (Fsp3) is 0.316. The molecule has 0 saturated heterocycles. The first-order valence-electron chi connectivity index (χ1n) is 9.70. The molecule has 0 bridgehead atoms. The number of rotatable bonds is 9. The molecular weight excluding hydrogens is 436 g/mol. The fourth-order valence-corrected chi connectivity index (χ4v) is 2.88. The summed E-state index contributed by atoms with van der Waals surface area (Å²) in [6.45, 7) is 3.20. The van der Waals surface area contributed by atoms with Gasteiger partial charge in [0.2, 0.25) is 17.4 Å². The maximum absolute atomic E-state index is 12.7.